The minimum atomic E-state index is -0.593. The number of hydrogen-bond acceptors (Lipinski definition) is 5. The predicted octanol–water partition coefficient (Wildman–Crippen LogP) is 4.57. The van der Waals surface area contributed by atoms with Gasteiger partial charge >= 0.3 is 0 Å². The number of carbonyl (C=O) groups excluding carboxylic acids is 1. The van der Waals surface area contributed by atoms with Crippen LogP contribution in [0.15, 0.2) is 73.1 Å². The second kappa shape index (κ2) is 8.54. The van der Waals surface area contributed by atoms with Crippen molar-refractivity contribution in [2.45, 2.75) is 0 Å². The SMILES string of the molecule is O=C(/C=C/c1ccc(Oc2cccnc2)c(F)c1)Nc1cccc([N+](=O)[O-])c1. The summed E-state index contributed by atoms with van der Waals surface area (Å²) in [5, 5.41) is 13.3. The normalized spacial score (nSPS) is 10.6. The van der Waals surface area contributed by atoms with Crippen molar-refractivity contribution in [2.75, 3.05) is 5.32 Å². The third kappa shape index (κ3) is 4.98. The van der Waals surface area contributed by atoms with Crippen LogP contribution in [0.3, 0.4) is 0 Å². The molecule has 1 heterocycles. The number of anilines is 1. The molecule has 0 unspecified atom stereocenters. The van der Waals surface area contributed by atoms with Crippen LogP contribution in [0, 0.1) is 15.9 Å². The van der Waals surface area contributed by atoms with Crippen molar-refractivity contribution in [3.63, 3.8) is 0 Å². The van der Waals surface area contributed by atoms with E-state index in [0.717, 1.165) is 0 Å². The molecule has 1 N–H and O–H groups in total. The Morgan fingerprint density at radius 1 is 1.18 bits per heavy atom. The summed E-state index contributed by atoms with van der Waals surface area (Å²) in [6.45, 7) is 0. The fraction of sp³-hybridized carbons (Fsp3) is 0. The largest absolute Gasteiger partial charge is 0.453 e. The lowest BCUT2D eigenvalue weighted by atomic mass is 10.2. The molecule has 0 radical (unpaired) electrons. The average molecular weight is 379 g/mol. The van der Waals surface area contributed by atoms with Crippen LogP contribution in [0.5, 0.6) is 11.5 Å². The zero-order chi connectivity index (χ0) is 19.9. The molecule has 28 heavy (non-hydrogen) atoms. The first-order valence-corrected chi connectivity index (χ1v) is 8.12. The number of benzene rings is 2. The number of rotatable bonds is 6. The molecular formula is C20H14FN3O4. The Bertz CT molecular complexity index is 1040. The fourth-order valence-corrected chi connectivity index (χ4v) is 2.29. The lowest BCUT2D eigenvalue weighted by Gasteiger charge is -2.06. The monoisotopic (exact) mass is 379 g/mol. The number of nitro benzene ring substituents is 1. The molecule has 140 valence electrons. The van der Waals surface area contributed by atoms with Crippen LogP contribution in [-0.2, 0) is 4.79 Å². The van der Waals surface area contributed by atoms with Crippen molar-refractivity contribution >= 4 is 23.4 Å². The first-order chi connectivity index (χ1) is 13.5. The summed E-state index contributed by atoms with van der Waals surface area (Å²) in [4.78, 5) is 26.1. The summed E-state index contributed by atoms with van der Waals surface area (Å²) >= 11 is 0. The Balaban J connectivity index is 1.65. The van der Waals surface area contributed by atoms with Crippen LogP contribution < -0.4 is 10.1 Å². The third-order valence-corrected chi connectivity index (χ3v) is 3.57. The lowest BCUT2D eigenvalue weighted by molar-refractivity contribution is -0.384. The second-order valence-electron chi connectivity index (χ2n) is 5.61. The van der Waals surface area contributed by atoms with E-state index >= 15 is 0 Å². The van der Waals surface area contributed by atoms with Crippen LogP contribution in [-0.4, -0.2) is 15.8 Å². The number of carbonyl (C=O) groups is 1. The molecule has 0 saturated carbocycles. The highest BCUT2D eigenvalue weighted by Gasteiger charge is 2.08. The summed E-state index contributed by atoms with van der Waals surface area (Å²) in [6, 6.07) is 13.1. The zero-order valence-electron chi connectivity index (χ0n) is 14.4. The van der Waals surface area contributed by atoms with E-state index in [9.17, 15) is 19.3 Å². The van der Waals surface area contributed by atoms with Gasteiger partial charge in [-0.3, -0.25) is 19.9 Å². The molecule has 0 aliphatic carbocycles. The second-order valence-corrected chi connectivity index (χ2v) is 5.61. The number of nitrogens with zero attached hydrogens (tertiary/aromatic N) is 2. The van der Waals surface area contributed by atoms with Crippen molar-refractivity contribution < 1.29 is 18.8 Å². The maximum absolute atomic E-state index is 14.2. The Kier molecular flexibility index (Phi) is 5.71. The molecule has 0 aliphatic rings. The highest BCUT2D eigenvalue weighted by Crippen LogP contribution is 2.25. The Morgan fingerprint density at radius 3 is 2.75 bits per heavy atom. The van der Waals surface area contributed by atoms with E-state index < -0.39 is 16.6 Å². The number of non-ortho nitro benzene ring substituents is 1. The predicted molar refractivity (Wildman–Crippen MR) is 101 cm³/mol. The molecule has 8 heteroatoms. The highest BCUT2D eigenvalue weighted by atomic mass is 19.1. The first-order valence-electron chi connectivity index (χ1n) is 8.12. The molecule has 0 fully saturated rings. The molecule has 0 atom stereocenters. The summed E-state index contributed by atoms with van der Waals surface area (Å²) in [6.07, 6.45) is 5.67. The van der Waals surface area contributed by atoms with Crippen LogP contribution in [0.4, 0.5) is 15.8 Å². The van der Waals surface area contributed by atoms with Crippen molar-refractivity contribution in [3.8, 4) is 11.5 Å². The third-order valence-electron chi connectivity index (χ3n) is 3.57. The van der Waals surface area contributed by atoms with E-state index in [2.05, 4.69) is 10.3 Å². The Labute approximate surface area is 159 Å². The number of aromatic nitrogens is 1. The molecule has 0 spiro atoms. The lowest BCUT2D eigenvalue weighted by Crippen LogP contribution is -2.07. The van der Waals surface area contributed by atoms with Gasteiger partial charge in [-0.1, -0.05) is 12.1 Å². The van der Waals surface area contributed by atoms with E-state index in [1.165, 1.54) is 54.7 Å². The molecule has 2 aromatic carbocycles. The Hall–Kier alpha value is -4.07. The first kappa shape index (κ1) is 18.7. The maximum Gasteiger partial charge on any atom is 0.271 e. The van der Waals surface area contributed by atoms with Crippen LogP contribution in [0.1, 0.15) is 5.56 Å². The van der Waals surface area contributed by atoms with Gasteiger partial charge in [0.05, 0.1) is 11.1 Å². The number of amides is 1. The average Bonchev–Trinajstić information content (AvgIpc) is 2.69. The van der Waals surface area contributed by atoms with E-state index in [1.54, 1.807) is 24.4 Å². The van der Waals surface area contributed by atoms with Gasteiger partial charge in [0.25, 0.3) is 5.69 Å². The maximum atomic E-state index is 14.2. The van der Waals surface area contributed by atoms with Gasteiger partial charge in [-0.2, -0.15) is 0 Å². The highest BCUT2D eigenvalue weighted by molar-refractivity contribution is 6.02. The van der Waals surface area contributed by atoms with Gasteiger partial charge in [0.2, 0.25) is 5.91 Å². The van der Waals surface area contributed by atoms with Crippen LogP contribution in [0.25, 0.3) is 6.08 Å². The molecule has 0 bridgehead atoms. The van der Waals surface area contributed by atoms with Crippen molar-refractivity contribution in [1.29, 1.82) is 0 Å². The van der Waals surface area contributed by atoms with Crippen molar-refractivity contribution in [3.05, 3.63) is 94.6 Å². The number of hydrogen-bond donors (Lipinski definition) is 1. The number of halogens is 1. The summed E-state index contributed by atoms with van der Waals surface area (Å²) < 4.78 is 19.6. The number of ether oxygens (including phenoxy) is 1. The van der Waals surface area contributed by atoms with E-state index in [1.807, 2.05) is 0 Å². The van der Waals surface area contributed by atoms with Gasteiger partial charge in [0.15, 0.2) is 11.6 Å². The fourth-order valence-electron chi connectivity index (χ4n) is 2.29. The Morgan fingerprint density at radius 2 is 2.04 bits per heavy atom. The van der Waals surface area contributed by atoms with Gasteiger partial charge in [-0.05, 0) is 42.0 Å². The molecule has 0 saturated heterocycles. The van der Waals surface area contributed by atoms with Gasteiger partial charge in [0, 0.05) is 30.1 Å². The van der Waals surface area contributed by atoms with E-state index in [0.29, 0.717) is 11.3 Å². The van der Waals surface area contributed by atoms with Crippen molar-refractivity contribution in [2.24, 2.45) is 0 Å². The number of pyridine rings is 1. The molecule has 1 aromatic heterocycles. The number of nitrogens with one attached hydrogen (secondary N) is 1. The molecule has 0 aliphatic heterocycles. The van der Waals surface area contributed by atoms with Gasteiger partial charge in [-0.25, -0.2) is 4.39 Å². The smallest absolute Gasteiger partial charge is 0.271 e. The van der Waals surface area contributed by atoms with Gasteiger partial charge in [-0.15, -0.1) is 0 Å². The molecule has 3 aromatic rings. The molecule has 1 amide bonds. The summed E-state index contributed by atoms with van der Waals surface area (Å²) in [7, 11) is 0. The number of nitro groups is 1. The molecular weight excluding hydrogens is 365 g/mol. The van der Waals surface area contributed by atoms with Crippen molar-refractivity contribution in [1.82, 2.24) is 4.98 Å². The van der Waals surface area contributed by atoms with E-state index in [-0.39, 0.29) is 17.1 Å². The topological polar surface area (TPSA) is 94.4 Å². The summed E-state index contributed by atoms with van der Waals surface area (Å²) in [5.41, 5.74) is 0.605. The minimum absolute atomic E-state index is 0.0335. The van der Waals surface area contributed by atoms with Crippen LogP contribution >= 0.6 is 0 Å². The minimum Gasteiger partial charge on any atom is -0.453 e. The standard InChI is InChI=1S/C20H14FN3O4/c21-18-11-14(6-8-19(18)28-17-5-2-10-22-13-17)7-9-20(25)23-15-3-1-4-16(12-15)24(26)27/h1-13H,(H,23,25)/b9-7+. The quantitative estimate of drug-likeness (QED) is 0.384. The zero-order valence-corrected chi connectivity index (χ0v) is 14.4. The van der Waals surface area contributed by atoms with Gasteiger partial charge in [0.1, 0.15) is 5.75 Å². The van der Waals surface area contributed by atoms with Crippen LogP contribution in [0.2, 0.25) is 0 Å². The van der Waals surface area contributed by atoms with E-state index in [4.69, 9.17) is 4.74 Å². The summed E-state index contributed by atoms with van der Waals surface area (Å²) in [5.74, 6) is -0.658. The molecule has 3 rings (SSSR count). The van der Waals surface area contributed by atoms with Gasteiger partial charge < -0.3 is 10.1 Å². The molecule has 7 nitrogen and oxygen atoms in total.